The molecule has 0 aliphatic heterocycles. The zero-order valence-electron chi connectivity index (χ0n) is 11.3. The van der Waals surface area contributed by atoms with Crippen LogP contribution in [0, 0.1) is 0 Å². The Kier molecular flexibility index (Phi) is 3.61. The first-order valence-electron chi connectivity index (χ1n) is 6.82. The number of para-hydroxylation sites is 1. The van der Waals surface area contributed by atoms with E-state index in [1.54, 1.807) is 17.7 Å². The van der Waals surface area contributed by atoms with Gasteiger partial charge in [0, 0.05) is 13.5 Å². The Bertz CT molecular complexity index is 723. The van der Waals surface area contributed by atoms with Crippen molar-refractivity contribution < 1.29 is 4.79 Å². The summed E-state index contributed by atoms with van der Waals surface area (Å²) >= 11 is 1.43. The molecule has 0 bridgehead atoms. The van der Waals surface area contributed by atoms with E-state index >= 15 is 0 Å². The second-order valence-electron chi connectivity index (χ2n) is 5.09. The average Bonchev–Trinajstić information content (AvgIpc) is 2.47. The van der Waals surface area contributed by atoms with Crippen LogP contribution in [0.25, 0.3) is 10.9 Å². The van der Waals surface area contributed by atoms with E-state index in [2.05, 4.69) is 4.98 Å². The van der Waals surface area contributed by atoms with Crippen molar-refractivity contribution in [3.63, 3.8) is 0 Å². The Morgan fingerprint density at radius 2 is 2.05 bits per heavy atom. The minimum absolute atomic E-state index is 0.0528. The maximum Gasteiger partial charge on any atom is 0.261 e. The molecular formula is C15H16N2O2S. The molecule has 1 atom stereocenters. The Balaban J connectivity index is 2.01. The summed E-state index contributed by atoms with van der Waals surface area (Å²) in [6.45, 7) is 0. The van der Waals surface area contributed by atoms with Gasteiger partial charge < -0.3 is 0 Å². The van der Waals surface area contributed by atoms with Crippen molar-refractivity contribution in [3.05, 3.63) is 34.6 Å². The van der Waals surface area contributed by atoms with Crippen LogP contribution in [-0.4, -0.2) is 20.6 Å². The second kappa shape index (κ2) is 5.40. The molecule has 0 radical (unpaired) electrons. The first kappa shape index (κ1) is 13.4. The van der Waals surface area contributed by atoms with E-state index in [0.29, 0.717) is 22.5 Å². The lowest BCUT2D eigenvalue weighted by Crippen LogP contribution is -2.25. The third-order valence-corrected chi connectivity index (χ3v) is 5.05. The zero-order valence-corrected chi connectivity index (χ0v) is 12.2. The van der Waals surface area contributed by atoms with Gasteiger partial charge in [0.2, 0.25) is 0 Å². The molecule has 1 aliphatic rings. The molecule has 1 aliphatic carbocycles. The van der Waals surface area contributed by atoms with Crippen molar-refractivity contribution in [2.45, 2.75) is 36.1 Å². The summed E-state index contributed by atoms with van der Waals surface area (Å²) < 4.78 is 1.55. The molecule has 1 fully saturated rings. The van der Waals surface area contributed by atoms with E-state index in [-0.39, 0.29) is 16.6 Å². The zero-order chi connectivity index (χ0) is 14.1. The van der Waals surface area contributed by atoms with Gasteiger partial charge in [-0.25, -0.2) is 4.98 Å². The van der Waals surface area contributed by atoms with E-state index in [1.165, 1.54) is 11.8 Å². The van der Waals surface area contributed by atoms with Gasteiger partial charge in [-0.15, -0.1) is 0 Å². The van der Waals surface area contributed by atoms with Gasteiger partial charge in [-0.1, -0.05) is 30.3 Å². The summed E-state index contributed by atoms with van der Waals surface area (Å²) in [7, 11) is 1.72. The van der Waals surface area contributed by atoms with E-state index in [4.69, 9.17) is 0 Å². The second-order valence-corrected chi connectivity index (χ2v) is 6.26. The first-order chi connectivity index (χ1) is 9.66. The van der Waals surface area contributed by atoms with Crippen molar-refractivity contribution in [1.82, 2.24) is 9.55 Å². The van der Waals surface area contributed by atoms with Crippen molar-refractivity contribution in [1.29, 1.82) is 0 Å². The van der Waals surface area contributed by atoms with E-state index in [9.17, 15) is 9.59 Å². The molecule has 3 rings (SSSR count). The largest absolute Gasteiger partial charge is 0.298 e. The van der Waals surface area contributed by atoms with Crippen molar-refractivity contribution in [2.24, 2.45) is 7.05 Å². The number of rotatable bonds is 2. The third-order valence-electron chi connectivity index (χ3n) is 3.69. The number of carbonyl (C=O) groups is 1. The van der Waals surface area contributed by atoms with E-state index in [0.717, 1.165) is 19.3 Å². The molecule has 5 heteroatoms. The number of nitrogens with zero attached hydrogens (tertiary/aromatic N) is 2. The van der Waals surface area contributed by atoms with Gasteiger partial charge in [-0.05, 0) is 25.0 Å². The number of Topliss-reactive ketones (excluding diaryl/α,β-unsaturated/α-hetero) is 1. The fourth-order valence-electron chi connectivity index (χ4n) is 2.51. The quantitative estimate of drug-likeness (QED) is 0.797. The van der Waals surface area contributed by atoms with Crippen LogP contribution in [0.1, 0.15) is 25.7 Å². The molecule has 4 nitrogen and oxygen atoms in total. The molecule has 1 aromatic carbocycles. The topological polar surface area (TPSA) is 52.0 Å². The number of hydrogen-bond acceptors (Lipinski definition) is 4. The minimum atomic E-state index is -0.0543. The summed E-state index contributed by atoms with van der Waals surface area (Å²) in [4.78, 5) is 28.8. The summed E-state index contributed by atoms with van der Waals surface area (Å²) in [6, 6.07) is 7.33. The highest BCUT2D eigenvalue weighted by Crippen LogP contribution is 2.30. The van der Waals surface area contributed by atoms with Crippen LogP contribution in [0.4, 0.5) is 0 Å². The van der Waals surface area contributed by atoms with Gasteiger partial charge in [-0.2, -0.15) is 0 Å². The van der Waals surface area contributed by atoms with Crippen LogP contribution < -0.4 is 5.56 Å². The number of carbonyl (C=O) groups excluding carboxylic acids is 1. The Morgan fingerprint density at radius 1 is 1.25 bits per heavy atom. The molecule has 1 heterocycles. The van der Waals surface area contributed by atoms with Crippen LogP contribution >= 0.6 is 11.8 Å². The minimum Gasteiger partial charge on any atom is -0.298 e. The molecule has 0 unspecified atom stereocenters. The number of thioether (sulfide) groups is 1. The lowest BCUT2D eigenvalue weighted by molar-refractivity contribution is -0.119. The van der Waals surface area contributed by atoms with Gasteiger partial charge >= 0.3 is 0 Å². The van der Waals surface area contributed by atoms with Gasteiger partial charge in [0.1, 0.15) is 5.78 Å². The number of hydrogen-bond donors (Lipinski definition) is 0. The smallest absolute Gasteiger partial charge is 0.261 e. The van der Waals surface area contributed by atoms with Gasteiger partial charge in [0.05, 0.1) is 16.2 Å². The highest BCUT2D eigenvalue weighted by molar-refractivity contribution is 8.00. The van der Waals surface area contributed by atoms with Crippen molar-refractivity contribution in [3.8, 4) is 0 Å². The molecule has 104 valence electrons. The molecule has 0 amide bonds. The summed E-state index contributed by atoms with van der Waals surface area (Å²) in [5.74, 6) is 0.281. The average molecular weight is 288 g/mol. The van der Waals surface area contributed by atoms with Crippen LogP contribution in [0.15, 0.2) is 34.2 Å². The summed E-state index contributed by atoms with van der Waals surface area (Å²) in [5, 5.41) is 1.20. The van der Waals surface area contributed by atoms with Crippen LogP contribution in [0.2, 0.25) is 0 Å². The highest BCUT2D eigenvalue weighted by Gasteiger charge is 2.25. The Morgan fingerprint density at radius 3 is 2.85 bits per heavy atom. The molecule has 0 saturated heterocycles. The van der Waals surface area contributed by atoms with Gasteiger partial charge in [-0.3, -0.25) is 14.2 Å². The van der Waals surface area contributed by atoms with Crippen molar-refractivity contribution in [2.75, 3.05) is 0 Å². The fraction of sp³-hybridized carbons (Fsp3) is 0.400. The maximum atomic E-state index is 12.3. The van der Waals surface area contributed by atoms with E-state index in [1.807, 2.05) is 18.2 Å². The number of fused-ring (bicyclic) bond motifs is 1. The fourth-order valence-corrected chi connectivity index (χ4v) is 3.69. The predicted octanol–water partition coefficient (Wildman–Crippen LogP) is 2.54. The third kappa shape index (κ3) is 2.38. The normalized spacial score (nSPS) is 19.4. The number of aromatic nitrogens is 2. The summed E-state index contributed by atoms with van der Waals surface area (Å²) in [6.07, 6.45) is 3.59. The monoisotopic (exact) mass is 288 g/mol. The summed E-state index contributed by atoms with van der Waals surface area (Å²) in [5.41, 5.74) is 0.641. The number of benzene rings is 1. The first-order valence-corrected chi connectivity index (χ1v) is 7.70. The van der Waals surface area contributed by atoms with Crippen LogP contribution in [-0.2, 0) is 11.8 Å². The Labute approximate surface area is 121 Å². The highest BCUT2D eigenvalue weighted by atomic mass is 32.2. The van der Waals surface area contributed by atoms with Crippen LogP contribution in [0.3, 0.4) is 0 Å². The molecule has 0 N–H and O–H groups in total. The van der Waals surface area contributed by atoms with Crippen LogP contribution in [0.5, 0.6) is 0 Å². The molecule has 1 saturated carbocycles. The molecule has 1 aromatic heterocycles. The van der Waals surface area contributed by atoms with E-state index < -0.39 is 0 Å². The number of ketones is 1. The van der Waals surface area contributed by atoms with Gasteiger partial charge in [0.25, 0.3) is 5.56 Å². The lowest BCUT2D eigenvalue weighted by Gasteiger charge is -2.20. The predicted molar refractivity (Wildman–Crippen MR) is 80.1 cm³/mol. The SMILES string of the molecule is Cn1c(S[C@@H]2CCCCC2=O)nc2ccccc2c1=O. The molecule has 2 aromatic rings. The van der Waals surface area contributed by atoms with Crippen molar-refractivity contribution >= 4 is 28.4 Å². The lowest BCUT2D eigenvalue weighted by atomic mass is 9.99. The molecule has 20 heavy (non-hydrogen) atoms. The maximum absolute atomic E-state index is 12.3. The molecule has 0 spiro atoms. The van der Waals surface area contributed by atoms with Gasteiger partial charge in [0.15, 0.2) is 5.16 Å². The molecular weight excluding hydrogens is 272 g/mol. The standard InChI is InChI=1S/C15H16N2O2S/c1-17-14(19)10-6-2-3-7-11(10)16-15(17)20-13-9-5-4-8-12(13)18/h2-3,6-7,13H,4-5,8-9H2,1H3/t13-/m1/s1. The Hall–Kier alpha value is -1.62.